The minimum Gasteiger partial charge on any atom is -0.478 e. The first kappa shape index (κ1) is 16.0. The van der Waals surface area contributed by atoms with Gasteiger partial charge in [0.15, 0.2) is 0 Å². The molecule has 0 saturated heterocycles. The molecule has 2 heterocycles. The van der Waals surface area contributed by atoms with E-state index in [1.54, 1.807) is 47.7 Å². The quantitative estimate of drug-likeness (QED) is 0.508. The van der Waals surface area contributed by atoms with E-state index in [0.29, 0.717) is 22.6 Å². The first-order valence-electron chi connectivity index (χ1n) is 7.74. The summed E-state index contributed by atoms with van der Waals surface area (Å²) >= 11 is 1.56. The van der Waals surface area contributed by atoms with E-state index in [2.05, 4.69) is 10.3 Å². The molecular weight excluding hydrogens is 350 g/mol. The summed E-state index contributed by atoms with van der Waals surface area (Å²) in [6.07, 6.45) is 0. The lowest BCUT2D eigenvalue weighted by Gasteiger charge is -2.10. The van der Waals surface area contributed by atoms with Crippen LogP contribution in [0.15, 0.2) is 53.9 Å². The lowest BCUT2D eigenvalue weighted by molar-refractivity contribution is 0.0696. The third kappa shape index (κ3) is 2.74. The van der Waals surface area contributed by atoms with Gasteiger partial charge in [-0.3, -0.25) is 4.79 Å². The maximum Gasteiger partial charge on any atom is 0.335 e. The van der Waals surface area contributed by atoms with Crippen molar-refractivity contribution in [2.75, 3.05) is 5.32 Å². The van der Waals surface area contributed by atoms with Gasteiger partial charge in [-0.15, -0.1) is 11.3 Å². The summed E-state index contributed by atoms with van der Waals surface area (Å²) in [6.45, 7) is 0. The van der Waals surface area contributed by atoms with E-state index in [9.17, 15) is 14.7 Å². The molecule has 0 aliphatic heterocycles. The average molecular weight is 363 g/mol. The fraction of sp³-hybridized carbons (Fsp3) is 0. The van der Waals surface area contributed by atoms with Crippen molar-refractivity contribution < 1.29 is 14.7 Å². The van der Waals surface area contributed by atoms with E-state index in [1.165, 1.54) is 0 Å². The van der Waals surface area contributed by atoms with Gasteiger partial charge in [0.05, 0.1) is 11.1 Å². The number of aromatic carboxylic acids is 1. The zero-order chi connectivity index (χ0) is 18.3. The van der Waals surface area contributed by atoms with E-state index in [0.717, 1.165) is 15.5 Å². The van der Waals surface area contributed by atoms with Crippen molar-refractivity contribution in [3.63, 3.8) is 0 Å². The van der Waals surface area contributed by atoms with Gasteiger partial charge in [-0.25, -0.2) is 9.78 Å². The highest BCUT2D eigenvalue weighted by Crippen LogP contribution is 2.35. The second-order valence-corrected chi connectivity index (χ2v) is 6.65. The Hall–Kier alpha value is -3.45. The lowest BCUT2D eigenvalue weighted by atomic mass is 10.1. The van der Waals surface area contributed by atoms with Crippen LogP contribution in [0.3, 0.4) is 0 Å². The molecule has 0 fully saturated rings. The Morgan fingerprint density at radius 3 is 2.65 bits per heavy atom. The number of carbonyl (C=O) groups is 2. The second-order valence-electron chi connectivity index (χ2n) is 5.73. The van der Waals surface area contributed by atoms with Crippen molar-refractivity contribution in [2.24, 2.45) is 5.73 Å². The molecule has 6 nitrogen and oxygen atoms in total. The van der Waals surface area contributed by atoms with Crippen molar-refractivity contribution in [3.05, 3.63) is 65.0 Å². The normalized spacial score (nSPS) is 10.9. The van der Waals surface area contributed by atoms with E-state index >= 15 is 0 Å². The number of benzene rings is 2. The topological polar surface area (TPSA) is 105 Å². The van der Waals surface area contributed by atoms with Gasteiger partial charge in [0, 0.05) is 26.7 Å². The van der Waals surface area contributed by atoms with Crippen LogP contribution in [0.5, 0.6) is 0 Å². The molecule has 0 saturated carbocycles. The summed E-state index contributed by atoms with van der Waals surface area (Å²) in [4.78, 5) is 27.2. The van der Waals surface area contributed by atoms with Crippen LogP contribution in [-0.2, 0) is 0 Å². The number of amides is 1. The van der Waals surface area contributed by atoms with Gasteiger partial charge in [-0.05, 0) is 41.8 Å². The van der Waals surface area contributed by atoms with Crippen molar-refractivity contribution in [1.29, 1.82) is 0 Å². The molecule has 1 amide bonds. The van der Waals surface area contributed by atoms with E-state index in [4.69, 9.17) is 5.73 Å². The summed E-state index contributed by atoms with van der Waals surface area (Å²) in [5.41, 5.74) is 7.18. The van der Waals surface area contributed by atoms with Gasteiger partial charge in [-0.1, -0.05) is 12.1 Å². The number of primary amides is 1. The second kappa shape index (κ2) is 6.12. The largest absolute Gasteiger partial charge is 0.478 e. The third-order valence-electron chi connectivity index (χ3n) is 4.05. The fourth-order valence-corrected chi connectivity index (χ4v) is 3.75. The highest BCUT2D eigenvalue weighted by molar-refractivity contribution is 7.18. The van der Waals surface area contributed by atoms with E-state index in [1.807, 2.05) is 17.5 Å². The number of anilines is 2. The third-order valence-corrected chi connectivity index (χ3v) is 5.00. The zero-order valence-electron chi connectivity index (χ0n) is 13.4. The van der Waals surface area contributed by atoms with Crippen LogP contribution in [0, 0.1) is 0 Å². The van der Waals surface area contributed by atoms with Crippen LogP contribution in [0.1, 0.15) is 20.7 Å². The van der Waals surface area contributed by atoms with Crippen LogP contribution in [-0.4, -0.2) is 22.0 Å². The predicted molar refractivity (Wildman–Crippen MR) is 102 cm³/mol. The molecule has 0 bridgehead atoms. The molecule has 7 heteroatoms. The summed E-state index contributed by atoms with van der Waals surface area (Å²) < 4.78 is 1.01. The first-order chi connectivity index (χ1) is 12.5. The number of nitrogens with two attached hydrogens (primary N) is 1. The minimum absolute atomic E-state index is 0.183. The maximum atomic E-state index is 11.4. The van der Waals surface area contributed by atoms with Crippen LogP contribution in [0.4, 0.5) is 11.5 Å². The number of nitrogens with zero attached hydrogens (tertiary/aromatic N) is 1. The first-order valence-corrected chi connectivity index (χ1v) is 8.62. The Bertz CT molecular complexity index is 1180. The van der Waals surface area contributed by atoms with Crippen LogP contribution < -0.4 is 11.1 Å². The Kier molecular flexibility index (Phi) is 3.78. The number of fused-ring (bicyclic) bond motifs is 3. The van der Waals surface area contributed by atoms with Gasteiger partial charge >= 0.3 is 5.97 Å². The number of aromatic nitrogens is 1. The summed E-state index contributed by atoms with van der Waals surface area (Å²) in [5.74, 6) is -0.909. The smallest absolute Gasteiger partial charge is 0.335 e. The molecule has 26 heavy (non-hydrogen) atoms. The van der Waals surface area contributed by atoms with Gasteiger partial charge in [0.1, 0.15) is 5.82 Å². The molecule has 0 spiro atoms. The SMILES string of the molecule is NC(=O)c1cccc(Nc2nc3cc(C(=O)O)ccc3c3sccc23)c1. The molecular formula is C19H13N3O3S. The number of thiophene rings is 1. The molecule has 128 valence electrons. The highest BCUT2D eigenvalue weighted by Gasteiger charge is 2.13. The Morgan fingerprint density at radius 2 is 1.88 bits per heavy atom. The molecule has 4 rings (SSSR count). The minimum atomic E-state index is -0.997. The number of hydrogen-bond acceptors (Lipinski definition) is 5. The standard InChI is InChI=1S/C19H13N3O3S/c20-17(23)10-2-1-3-12(8-10)21-18-14-6-7-26-16(14)13-5-4-11(19(24)25)9-15(13)22-18/h1-9H,(H2,20,23)(H,21,22)(H,24,25). The summed E-state index contributed by atoms with van der Waals surface area (Å²) in [6, 6.07) is 13.7. The number of carboxylic acids is 1. The number of carboxylic acid groups (broad SMARTS) is 1. The fourth-order valence-electron chi connectivity index (χ4n) is 2.82. The number of rotatable bonds is 4. The Balaban J connectivity index is 1.87. The molecule has 0 radical (unpaired) electrons. The number of pyridine rings is 1. The van der Waals surface area contributed by atoms with Crippen molar-refractivity contribution in [2.45, 2.75) is 0 Å². The Morgan fingerprint density at radius 1 is 1.04 bits per heavy atom. The molecule has 2 aromatic carbocycles. The van der Waals surface area contributed by atoms with E-state index < -0.39 is 11.9 Å². The summed E-state index contributed by atoms with van der Waals surface area (Å²) in [5, 5.41) is 16.2. The maximum absolute atomic E-state index is 11.4. The molecule has 0 unspecified atom stereocenters. The van der Waals surface area contributed by atoms with Gasteiger partial charge in [0.25, 0.3) is 0 Å². The summed E-state index contributed by atoms with van der Waals surface area (Å²) in [7, 11) is 0. The van der Waals surface area contributed by atoms with Crippen molar-refractivity contribution in [3.8, 4) is 0 Å². The van der Waals surface area contributed by atoms with Crippen LogP contribution in [0.25, 0.3) is 21.0 Å². The van der Waals surface area contributed by atoms with Gasteiger partial charge < -0.3 is 16.2 Å². The monoisotopic (exact) mass is 363 g/mol. The predicted octanol–water partition coefficient (Wildman–Crippen LogP) is 3.99. The van der Waals surface area contributed by atoms with Crippen molar-refractivity contribution >= 4 is 55.7 Å². The zero-order valence-corrected chi connectivity index (χ0v) is 14.2. The average Bonchev–Trinajstić information content (AvgIpc) is 3.12. The lowest BCUT2D eigenvalue weighted by Crippen LogP contribution is -2.10. The molecule has 0 atom stereocenters. The molecule has 0 aliphatic rings. The number of nitrogens with one attached hydrogen (secondary N) is 1. The molecule has 4 aromatic rings. The highest BCUT2D eigenvalue weighted by atomic mass is 32.1. The molecule has 2 aromatic heterocycles. The van der Waals surface area contributed by atoms with Gasteiger partial charge in [-0.2, -0.15) is 0 Å². The van der Waals surface area contributed by atoms with E-state index in [-0.39, 0.29) is 5.56 Å². The van der Waals surface area contributed by atoms with Gasteiger partial charge in [0.2, 0.25) is 5.91 Å². The Labute approximate surface area is 151 Å². The van der Waals surface area contributed by atoms with Crippen LogP contribution in [0.2, 0.25) is 0 Å². The molecule has 4 N–H and O–H groups in total. The molecule has 0 aliphatic carbocycles. The van der Waals surface area contributed by atoms with Crippen molar-refractivity contribution in [1.82, 2.24) is 4.98 Å². The van der Waals surface area contributed by atoms with Crippen LogP contribution >= 0.6 is 11.3 Å². The number of carbonyl (C=O) groups excluding carboxylic acids is 1. The number of hydrogen-bond donors (Lipinski definition) is 3.